The molecule has 3 heteroatoms. The first-order valence-electron chi connectivity index (χ1n) is 13.2. The minimum atomic E-state index is -0.00597. The van der Waals surface area contributed by atoms with Crippen LogP contribution in [0.4, 0.5) is 0 Å². The molecular formula is C28H52O3. The molecule has 0 unspecified atom stereocenters. The van der Waals surface area contributed by atoms with Crippen LogP contribution in [0.5, 0.6) is 0 Å². The van der Waals surface area contributed by atoms with E-state index in [2.05, 4.69) is 13.2 Å². The number of allylic oxidation sites excluding steroid dienone is 2. The molecule has 0 atom stereocenters. The van der Waals surface area contributed by atoms with Gasteiger partial charge in [-0.25, -0.2) is 0 Å². The molecule has 0 radical (unpaired) electrons. The maximum absolute atomic E-state index is 12.5. The third-order valence-corrected chi connectivity index (χ3v) is 5.93. The molecule has 0 saturated heterocycles. The number of unbranched alkanes of at least 4 members (excludes halogenated alkanes) is 14. The maximum Gasteiger partial charge on any atom is 0.309 e. The maximum atomic E-state index is 12.5. The Hall–Kier alpha value is -1.09. The highest BCUT2D eigenvalue weighted by Gasteiger charge is 2.19. The third-order valence-electron chi connectivity index (χ3n) is 5.93. The van der Waals surface area contributed by atoms with Crippen LogP contribution in [0.15, 0.2) is 25.3 Å². The summed E-state index contributed by atoms with van der Waals surface area (Å²) < 4.78 is 10.8. The Morgan fingerprint density at radius 3 is 1.52 bits per heavy atom. The van der Waals surface area contributed by atoms with Crippen molar-refractivity contribution in [2.45, 2.75) is 122 Å². The largest absolute Gasteiger partial charge is 0.463 e. The summed E-state index contributed by atoms with van der Waals surface area (Å²) in [6.45, 7) is 11.1. The van der Waals surface area contributed by atoms with E-state index < -0.39 is 0 Å². The van der Waals surface area contributed by atoms with E-state index in [1.807, 2.05) is 19.1 Å². The van der Waals surface area contributed by atoms with Gasteiger partial charge in [0.25, 0.3) is 0 Å². The summed E-state index contributed by atoms with van der Waals surface area (Å²) in [4.78, 5) is 12.5. The van der Waals surface area contributed by atoms with E-state index in [1.54, 1.807) is 0 Å². The molecule has 0 aromatic heterocycles. The number of hydrogen-bond donors (Lipinski definition) is 0. The Kier molecular flexibility index (Phi) is 24.3. The van der Waals surface area contributed by atoms with Gasteiger partial charge in [-0.05, 0) is 45.4 Å². The minimum absolute atomic E-state index is 0.00597. The second kappa shape index (κ2) is 25.2. The van der Waals surface area contributed by atoms with Gasteiger partial charge in [-0.3, -0.25) is 4.79 Å². The predicted octanol–water partition coefficient (Wildman–Crippen LogP) is 8.58. The van der Waals surface area contributed by atoms with Gasteiger partial charge in [-0.15, -0.1) is 13.2 Å². The SMILES string of the molecule is C=CCCCCCCCCCC(CCCCCCCCCC=C)C(=O)OCCOCC. The predicted molar refractivity (Wildman–Crippen MR) is 134 cm³/mol. The van der Waals surface area contributed by atoms with Gasteiger partial charge < -0.3 is 9.47 Å². The van der Waals surface area contributed by atoms with Gasteiger partial charge in [0.05, 0.1) is 12.5 Å². The molecule has 0 amide bonds. The molecule has 0 aliphatic carbocycles. The third kappa shape index (κ3) is 21.9. The van der Waals surface area contributed by atoms with Gasteiger partial charge in [0, 0.05) is 6.61 Å². The molecule has 0 rings (SSSR count). The summed E-state index contributed by atoms with van der Waals surface area (Å²) in [6, 6.07) is 0. The molecule has 182 valence electrons. The Morgan fingerprint density at radius 2 is 1.10 bits per heavy atom. The van der Waals surface area contributed by atoms with E-state index in [9.17, 15) is 4.79 Å². The first-order valence-corrected chi connectivity index (χ1v) is 13.2. The fourth-order valence-corrected chi connectivity index (χ4v) is 3.97. The van der Waals surface area contributed by atoms with E-state index in [0.29, 0.717) is 19.8 Å². The lowest BCUT2D eigenvalue weighted by Gasteiger charge is -2.16. The van der Waals surface area contributed by atoms with E-state index >= 15 is 0 Å². The van der Waals surface area contributed by atoms with Crippen LogP contribution in [-0.4, -0.2) is 25.8 Å². The number of hydrogen-bond acceptors (Lipinski definition) is 3. The lowest BCUT2D eigenvalue weighted by atomic mass is 9.94. The summed E-state index contributed by atoms with van der Waals surface area (Å²) in [5.74, 6) is 0.0652. The minimum Gasteiger partial charge on any atom is -0.463 e. The molecule has 3 nitrogen and oxygen atoms in total. The molecule has 0 aliphatic heterocycles. The van der Waals surface area contributed by atoms with Gasteiger partial charge in [0.2, 0.25) is 0 Å². The average molecular weight is 437 g/mol. The van der Waals surface area contributed by atoms with Crippen LogP contribution < -0.4 is 0 Å². The van der Waals surface area contributed by atoms with Crippen LogP contribution in [-0.2, 0) is 14.3 Å². The Labute approximate surface area is 194 Å². The Morgan fingerprint density at radius 1 is 0.677 bits per heavy atom. The zero-order valence-corrected chi connectivity index (χ0v) is 20.7. The highest BCUT2D eigenvalue weighted by molar-refractivity contribution is 5.72. The molecule has 31 heavy (non-hydrogen) atoms. The molecular weight excluding hydrogens is 384 g/mol. The number of esters is 1. The van der Waals surface area contributed by atoms with Crippen molar-refractivity contribution >= 4 is 5.97 Å². The van der Waals surface area contributed by atoms with Crippen molar-refractivity contribution in [3.63, 3.8) is 0 Å². The van der Waals surface area contributed by atoms with Gasteiger partial charge in [0.15, 0.2) is 0 Å². The van der Waals surface area contributed by atoms with E-state index in [-0.39, 0.29) is 11.9 Å². The van der Waals surface area contributed by atoms with Crippen LogP contribution in [0.25, 0.3) is 0 Å². The average Bonchev–Trinajstić information content (AvgIpc) is 2.78. The smallest absolute Gasteiger partial charge is 0.309 e. The van der Waals surface area contributed by atoms with Crippen molar-refractivity contribution < 1.29 is 14.3 Å². The highest BCUT2D eigenvalue weighted by atomic mass is 16.6. The lowest BCUT2D eigenvalue weighted by molar-refractivity contribution is -0.150. The molecule has 0 saturated carbocycles. The summed E-state index contributed by atoms with van der Waals surface area (Å²) in [5, 5.41) is 0. The van der Waals surface area contributed by atoms with Crippen molar-refractivity contribution in [3.05, 3.63) is 25.3 Å². The standard InChI is InChI=1S/C28H52O3/c1-4-7-9-11-13-15-17-19-21-23-27(28(29)31-26-25-30-6-3)24-22-20-18-16-14-12-10-8-5-2/h4-5,27H,1-2,6-26H2,3H3. The molecule has 0 heterocycles. The quantitative estimate of drug-likeness (QED) is 0.0816. The van der Waals surface area contributed by atoms with Crippen molar-refractivity contribution in [2.24, 2.45) is 5.92 Å². The van der Waals surface area contributed by atoms with Crippen LogP contribution in [0.2, 0.25) is 0 Å². The van der Waals surface area contributed by atoms with Crippen LogP contribution in [0, 0.1) is 5.92 Å². The number of carbonyl (C=O) groups is 1. The normalized spacial score (nSPS) is 11.0. The van der Waals surface area contributed by atoms with E-state index in [1.165, 1.54) is 77.0 Å². The zero-order valence-electron chi connectivity index (χ0n) is 20.7. The van der Waals surface area contributed by atoms with Crippen LogP contribution in [0.1, 0.15) is 122 Å². The second-order valence-corrected chi connectivity index (χ2v) is 8.74. The summed E-state index contributed by atoms with van der Waals surface area (Å²) >= 11 is 0. The Bertz CT molecular complexity index is 379. The van der Waals surface area contributed by atoms with Gasteiger partial charge >= 0.3 is 5.97 Å². The molecule has 0 aromatic rings. The number of ether oxygens (including phenoxy) is 2. The molecule has 0 aliphatic rings. The number of rotatable bonds is 25. The summed E-state index contributed by atoms with van der Waals surface area (Å²) in [7, 11) is 0. The van der Waals surface area contributed by atoms with E-state index in [0.717, 1.165) is 38.5 Å². The molecule has 0 N–H and O–H groups in total. The van der Waals surface area contributed by atoms with Crippen molar-refractivity contribution in [3.8, 4) is 0 Å². The summed E-state index contributed by atoms with van der Waals surface area (Å²) in [6.07, 6.45) is 26.0. The second-order valence-electron chi connectivity index (χ2n) is 8.74. The first kappa shape index (κ1) is 29.9. The molecule has 0 fully saturated rings. The molecule has 0 bridgehead atoms. The van der Waals surface area contributed by atoms with E-state index in [4.69, 9.17) is 9.47 Å². The van der Waals surface area contributed by atoms with Crippen molar-refractivity contribution in [1.82, 2.24) is 0 Å². The first-order chi connectivity index (χ1) is 15.3. The Balaban J connectivity index is 3.98. The number of carbonyl (C=O) groups excluding carboxylic acids is 1. The van der Waals surface area contributed by atoms with Gasteiger partial charge in [-0.2, -0.15) is 0 Å². The van der Waals surface area contributed by atoms with Gasteiger partial charge in [0.1, 0.15) is 6.61 Å². The zero-order chi connectivity index (χ0) is 22.8. The highest BCUT2D eigenvalue weighted by Crippen LogP contribution is 2.21. The van der Waals surface area contributed by atoms with Crippen LogP contribution >= 0.6 is 0 Å². The summed E-state index contributed by atoms with van der Waals surface area (Å²) in [5.41, 5.74) is 0. The fourth-order valence-electron chi connectivity index (χ4n) is 3.97. The van der Waals surface area contributed by atoms with Crippen molar-refractivity contribution in [2.75, 3.05) is 19.8 Å². The lowest BCUT2D eigenvalue weighted by Crippen LogP contribution is -2.20. The molecule has 0 aromatic carbocycles. The monoisotopic (exact) mass is 436 g/mol. The topological polar surface area (TPSA) is 35.5 Å². The van der Waals surface area contributed by atoms with Gasteiger partial charge in [-0.1, -0.05) is 89.2 Å². The fraction of sp³-hybridized carbons (Fsp3) is 0.821. The van der Waals surface area contributed by atoms with Crippen molar-refractivity contribution in [1.29, 1.82) is 0 Å². The van der Waals surface area contributed by atoms with Crippen LogP contribution in [0.3, 0.4) is 0 Å². The molecule has 0 spiro atoms.